The van der Waals surface area contributed by atoms with Crippen LogP contribution in [0.4, 0.5) is 10.7 Å². The number of amides is 3. The Hall–Kier alpha value is -2.66. The lowest BCUT2D eigenvalue weighted by Crippen LogP contribution is -2.61. The molecule has 3 amide bonds. The SMILES string of the molecule is Cn1c(N2CCN(S(=O)(=O)C3CNC(=O)NC3=O)CC2)nc2ccccc21. The minimum Gasteiger partial charge on any atom is -0.340 e. The molecule has 1 unspecified atom stereocenters. The number of fused-ring (bicyclic) bond motifs is 1. The molecule has 0 bridgehead atoms. The molecule has 4 rings (SSSR count). The van der Waals surface area contributed by atoms with E-state index in [2.05, 4.69) is 10.3 Å². The number of sulfonamides is 1. The van der Waals surface area contributed by atoms with Crippen molar-refractivity contribution in [2.75, 3.05) is 37.6 Å². The molecule has 0 spiro atoms. The molecule has 0 aliphatic carbocycles. The van der Waals surface area contributed by atoms with Gasteiger partial charge in [0.2, 0.25) is 21.9 Å². The highest BCUT2D eigenvalue weighted by Crippen LogP contribution is 2.23. The number of imidazole rings is 1. The maximum Gasteiger partial charge on any atom is 0.321 e. The first-order valence-corrected chi connectivity index (χ1v) is 10.1. The molecule has 2 aliphatic heterocycles. The summed E-state index contributed by atoms with van der Waals surface area (Å²) in [4.78, 5) is 29.8. The molecule has 3 heterocycles. The van der Waals surface area contributed by atoms with Crippen molar-refractivity contribution in [3.63, 3.8) is 0 Å². The summed E-state index contributed by atoms with van der Waals surface area (Å²) in [5, 5.41) is 3.08. The number of hydrogen-bond donors (Lipinski definition) is 2. The lowest BCUT2D eigenvalue weighted by molar-refractivity contribution is -0.120. The number of anilines is 1. The fourth-order valence-corrected chi connectivity index (χ4v) is 5.15. The number of rotatable bonds is 3. The number of hydrogen-bond acceptors (Lipinski definition) is 6. The quantitative estimate of drug-likeness (QED) is 0.709. The second-order valence-electron chi connectivity index (χ2n) is 6.58. The molecule has 0 saturated carbocycles. The first kappa shape index (κ1) is 17.7. The van der Waals surface area contributed by atoms with Gasteiger partial charge in [-0.2, -0.15) is 4.31 Å². The van der Waals surface area contributed by atoms with Crippen LogP contribution >= 0.6 is 0 Å². The van der Waals surface area contributed by atoms with Crippen molar-refractivity contribution in [1.82, 2.24) is 24.5 Å². The van der Waals surface area contributed by atoms with Crippen LogP contribution in [0.3, 0.4) is 0 Å². The summed E-state index contributed by atoms with van der Waals surface area (Å²) in [6.07, 6.45) is 0. The Bertz CT molecular complexity index is 1010. The molecule has 2 aromatic rings. The lowest BCUT2D eigenvalue weighted by Gasteiger charge is -2.36. The molecule has 2 saturated heterocycles. The molecule has 1 aromatic heterocycles. The van der Waals surface area contributed by atoms with Gasteiger partial charge in [-0.1, -0.05) is 12.1 Å². The minimum atomic E-state index is -3.85. The number of nitrogens with one attached hydrogen (secondary N) is 2. The summed E-state index contributed by atoms with van der Waals surface area (Å²) < 4.78 is 28.9. The fraction of sp³-hybridized carbons (Fsp3) is 0.438. The van der Waals surface area contributed by atoms with E-state index in [1.807, 2.05) is 46.1 Å². The maximum atomic E-state index is 12.8. The average molecular weight is 392 g/mol. The first-order chi connectivity index (χ1) is 12.9. The van der Waals surface area contributed by atoms with E-state index < -0.39 is 27.2 Å². The molecule has 1 atom stereocenters. The third kappa shape index (κ3) is 3.02. The number of carbonyl (C=O) groups is 2. The van der Waals surface area contributed by atoms with E-state index in [1.54, 1.807) is 0 Å². The van der Waals surface area contributed by atoms with Gasteiger partial charge in [-0.3, -0.25) is 10.1 Å². The summed E-state index contributed by atoms with van der Waals surface area (Å²) in [7, 11) is -1.91. The Morgan fingerprint density at radius 1 is 1.11 bits per heavy atom. The summed E-state index contributed by atoms with van der Waals surface area (Å²) >= 11 is 0. The summed E-state index contributed by atoms with van der Waals surface area (Å²) in [5.41, 5.74) is 1.90. The Balaban J connectivity index is 1.49. The van der Waals surface area contributed by atoms with E-state index >= 15 is 0 Å². The van der Waals surface area contributed by atoms with Gasteiger partial charge in [0.1, 0.15) is 0 Å². The zero-order valence-electron chi connectivity index (χ0n) is 14.8. The Labute approximate surface area is 156 Å². The van der Waals surface area contributed by atoms with Gasteiger partial charge in [0.15, 0.2) is 5.25 Å². The minimum absolute atomic E-state index is 0.210. The average Bonchev–Trinajstić information content (AvgIpc) is 2.99. The van der Waals surface area contributed by atoms with Crippen molar-refractivity contribution in [2.45, 2.75) is 5.25 Å². The highest BCUT2D eigenvalue weighted by molar-refractivity contribution is 7.90. The van der Waals surface area contributed by atoms with Crippen molar-refractivity contribution in [3.05, 3.63) is 24.3 Å². The molecular formula is C16H20N6O4S. The van der Waals surface area contributed by atoms with Crippen molar-refractivity contribution in [3.8, 4) is 0 Å². The largest absolute Gasteiger partial charge is 0.340 e. The third-order valence-corrected chi connectivity index (χ3v) is 7.17. The van der Waals surface area contributed by atoms with Gasteiger partial charge in [0, 0.05) is 39.8 Å². The topological polar surface area (TPSA) is 117 Å². The smallest absolute Gasteiger partial charge is 0.321 e. The normalized spacial score (nSPS) is 22.0. The highest BCUT2D eigenvalue weighted by atomic mass is 32.2. The number of urea groups is 1. The second kappa shape index (κ2) is 6.50. The molecular weight excluding hydrogens is 372 g/mol. The number of carbonyl (C=O) groups excluding carboxylic acids is 2. The molecule has 2 fully saturated rings. The van der Waals surface area contributed by atoms with Crippen LogP contribution in [0.5, 0.6) is 0 Å². The van der Waals surface area contributed by atoms with Crippen molar-refractivity contribution < 1.29 is 18.0 Å². The predicted molar refractivity (Wildman–Crippen MR) is 98.7 cm³/mol. The number of aromatic nitrogens is 2. The fourth-order valence-electron chi connectivity index (χ4n) is 3.49. The summed E-state index contributed by atoms with van der Waals surface area (Å²) in [5.74, 6) is 0.00690. The van der Waals surface area contributed by atoms with Crippen molar-refractivity contribution in [1.29, 1.82) is 0 Å². The van der Waals surface area contributed by atoms with E-state index in [-0.39, 0.29) is 19.6 Å². The first-order valence-electron chi connectivity index (χ1n) is 8.62. The molecule has 27 heavy (non-hydrogen) atoms. The van der Waals surface area contributed by atoms with Crippen LogP contribution in [0, 0.1) is 0 Å². The molecule has 11 heteroatoms. The number of nitrogens with zero attached hydrogens (tertiary/aromatic N) is 4. The van der Waals surface area contributed by atoms with E-state index in [0.717, 1.165) is 17.0 Å². The van der Waals surface area contributed by atoms with Gasteiger partial charge < -0.3 is 14.8 Å². The van der Waals surface area contributed by atoms with E-state index in [0.29, 0.717) is 13.1 Å². The molecule has 0 radical (unpaired) electrons. The molecule has 1 aromatic carbocycles. The van der Waals surface area contributed by atoms with Crippen LogP contribution in [-0.4, -0.2) is 72.2 Å². The van der Waals surface area contributed by atoms with Crippen LogP contribution < -0.4 is 15.5 Å². The monoisotopic (exact) mass is 392 g/mol. The number of piperazine rings is 1. The second-order valence-corrected chi connectivity index (χ2v) is 8.69. The number of aryl methyl sites for hydroxylation is 1. The summed E-state index contributed by atoms with van der Waals surface area (Å²) in [6, 6.07) is 7.14. The molecule has 2 aliphatic rings. The van der Waals surface area contributed by atoms with Crippen LogP contribution in [0.2, 0.25) is 0 Å². The zero-order chi connectivity index (χ0) is 19.2. The molecule has 2 N–H and O–H groups in total. The third-order valence-electron chi connectivity index (χ3n) is 4.98. The van der Waals surface area contributed by atoms with E-state index in [4.69, 9.17) is 0 Å². The Morgan fingerprint density at radius 3 is 2.48 bits per heavy atom. The van der Waals surface area contributed by atoms with Crippen LogP contribution in [0.25, 0.3) is 11.0 Å². The Kier molecular flexibility index (Phi) is 4.27. The van der Waals surface area contributed by atoms with Crippen LogP contribution in [0.15, 0.2) is 24.3 Å². The molecule has 144 valence electrons. The van der Waals surface area contributed by atoms with Crippen LogP contribution in [0.1, 0.15) is 0 Å². The maximum absolute atomic E-state index is 12.8. The Morgan fingerprint density at radius 2 is 1.81 bits per heavy atom. The highest BCUT2D eigenvalue weighted by Gasteiger charge is 2.42. The predicted octanol–water partition coefficient (Wildman–Crippen LogP) is -0.767. The standard InChI is InChI=1S/C16H20N6O4S/c1-20-12-5-3-2-4-11(12)18-16(20)21-6-8-22(9-7-21)27(25,26)13-10-17-15(24)19-14(13)23/h2-5,13H,6-10H2,1H3,(H2,17,19,23,24). The van der Waals surface area contributed by atoms with Gasteiger partial charge in [-0.15, -0.1) is 0 Å². The van der Waals surface area contributed by atoms with Crippen molar-refractivity contribution in [2.24, 2.45) is 7.05 Å². The summed E-state index contributed by atoms with van der Waals surface area (Å²) in [6.45, 7) is 1.23. The molecule has 10 nitrogen and oxygen atoms in total. The van der Waals surface area contributed by atoms with E-state index in [9.17, 15) is 18.0 Å². The van der Waals surface area contributed by atoms with Gasteiger partial charge >= 0.3 is 6.03 Å². The van der Waals surface area contributed by atoms with Gasteiger partial charge in [-0.05, 0) is 12.1 Å². The number of para-hydroxylation sites is 2. The van der Waals surface area contributed by atoms with E-state index in [1.165, 1.54) is 4.31 Å². The number of benzene rings is 1. The van der Waals surface area contributed by atoms with Gasteiger partial charge in [0.25, 0.3) is 0 Å². The number of imide groups is 1. The van der Waals surface area contributed by atoms with Crippen molar-refractivity contribution >= 4 is 38.9 Å². The lowest BCUT2D eigenvalue weighted by atomic mass is 10.3. The zero-order valence-corrected chi connectivity index (χ0v) is 15.6. The van der Waals surface area contributed by atoms with Gasteiger partial charge in [-0.25, -0.2) is 18.2 Å². The van der Waals surface area contributed by atoms with Crippen LogP contribution in [-0.2, 0) is 21.9 Å². The van der Waals surface area contributed by atoms with Gasteiger partial charge in [0.05, 0.1) is 11.0 Å².